The number of hydrogen-bond acceptors (Lipinski definition) is 15. The highest BCUT2D eigenvalue weighted by Crippen LogP contribution is 2.26. The summed E-state index contributed by atoms with van der Waals surface area (Å²) in [6.07, 6.45) is 2.08. The summed E-state index contributed by atoms with van der Waals surface area (Å²) in [6, 6.07) is 0. The van der Waals surface area contributed by atoms with Crippen molar-refractivity contribution in [3.8, 4) is 0 Å². The first kappa shape index (κ1) is 47.7. The first-order valence-corrected chi connectivity index (χ1v) is 20.1. The highest BCUT2D eigenvalue weighted by Gasteiger charge is 2.47. The molecule has 0 radical (unpaired) electrons. The van der Waals surface area contributed by atoms with Crippen LogP contribution in [0.2, 0.25) is 0 Å². The van der Waals surface area contributed by atoms with E-state index in [-0.39, 0.29) is 26.1 Å². The van der Waals surface area contributed by atoms with E-state index in [0.717, 1.165) is 51.4 Å². The maximum atomic E-state index is 12.7. The fraction of sp³-hybridized carbons (Fsp3) is 0.947. The molecular weight excluding hydrogens is 696 g/mol. The van der Waals surface area contributed by atoms with Gasteiger partial charge in [-0.05, 0) is 12.8 Å². The fourth-order valence-corrected chi connectivity index (χ4v) is 6.39. The zero-order valence-electron chi connectivity index (χ0n) is 32.0. The van der Waals surface area contributed by atoms with Crippen molar-refractivity contribution in [3.05, 3.63) is 0 Å². The van der Waals surface area contributed by atoms with Gasteiger partial charge < -0.3 is 64.2 Å². The van der Waals surface area contributed by atoms with Crippen LogP contribution in [-0.2, 0) is 38.0 Å². The van der Waals surface area contributed by atoms with Crippen LogP contribution in [0.5, 0.6) is 0 Å². The van der Waals surface area contributed by atoms with Crippen molar-refractivity contribution >= 4 is 11.9 Å². The predicted octanol–water partition coefficient (Wildman–Crippen LogP) is 2.53. The minimum Gasteiger partial charge on any atom is -0.462 e. The Labute approximate surface area is 315 Å². The summed E-state index contributed by atoms with van der Waals surface area (Å²) in [7, 11) is 0. The van der Waals surface area contributed by atoms with E-state index in [9.17, 15) is 45.3 Å². The monoisotopic (exact) mass is 766 g/mol. The summed E-state index contributed by atoms with van der Waals surface area (Å²) >= 11 is 0. The first-order chi connectivity index (χ1) is 25.5. The zero-order valence-corrected chi connectivity index (χ0v) is 32.0. The van der Waals surface area contributed by atoms with E-state index in [1.54, 1.807) is 0 Å². The fourth-order valence-electron chi connectivity index (χ4n) is 6.39. The molecule has 11 atom stereocenters. The topological polar surface area (TPSA) is 231 Å². The SMILES string of the molecule is CCCCCCCCCCCCCC(=O)OC[C@H](CO[C@@H]1O[C@H](CO[C@H]2O[C@H](CO)[C@H](O)[C@H](O)[C@H]2O)[C@H](O)[C@H](O)[C@H]1O)OC(=O)CCCCCCCC. The van der Waals surface area contributed by atoms with Gasteiger partial charge in [0.25, 0.3) is 0 Å². The molecule has 7 N–H and O–H groups in total. The van der Waals surface area contributed by atoms with E-state index in [0.29, 0.717) is 12.8 Å². The molecule has 0 unspecified atom stereocenters. The number of unbranched alkanes of at least 4 members (excludes halogenated alkanes) is 15. The zero-order chi connectivity index (χ0) is 39.0. The van der Waals surface area contributed by atoms with Gasteiger partial charge in [0.2, 0.25) is 0 Å². The van der Waals surface area contributed by atoms with Crippen LogP contribution in [0.25, 0.3) is 0 Å². The van der Waals surface area contributed by atoms with Crippen LogP contribution in [0.3, 0.4) is 0 Å². The van der Waals surface area contributed by atoms with Gasteiger partial charge in [0.1, 0.15) is 55.4 Å². The van der Waals surface area contributed by atoms with Crippen molar-refractivity contribution in [1.82, 2.24) is 0 Å². The highest BCUT2D eigenvalue weighted by molar-refractivity contribution is 5.70. The summed E-state index contributed by atoms with van der Waals surface area (Å²) in [5.41, 5.74) is 0. The summed E-state index contributed by atoms with van der Waals surface area (Å²) < 4.78 is 33.2. The maximum absolute atomic E-state index is 12.7. The number of aliphatic hydroxyl groups excluding tert-OH is 7. The van der Waals surface area contributed by atoms with Crippen LogP contribution in [0.4, 0.5) is 0 Å². The lowest BCUT2D eigenvalue weighted by Gasteiger charge is -2.42. The van der Waals surface area contributed by atoms with Gasteiger partial charge in [-0.2, -0.15) is 0 Å². The van der Waals surface area contributed by atoms with Gasteiger partial charge in [-0.1, -0.05) is 110 Å². The Bertz CT molecular complexity index is 955. The van der Waals surface area contributed by atoms with Crippen molar-refractivity contribution in [3.63, 3.8) is 0 Å². The third kappa shape index (κ3) is 18.3. The van der Waals surface area contributed by atoms with Crippen LogP contribution >= 0.6 is 0 Å². The largest absolute Gasteiger partial charge is 0.462 e. The quantitative estimate of drug-likeness (QED) is 0.0429. The van der Waals surface area contributed by atoms with Gasteiger partial charge >= 0.3 is 11.9 Å². The maximum Gasteiger partial charge on any atom is 0.306 e. The van der Waals surface area contributed by atoms with Gasteiger partial charge in [-0.3, -0.25) is 9.59 Å². The highest BCUT2D eigenvalue weighted by atomic mass is 16.7. The third-order valence-electron chi connectivity index (χ3n) is 9.84. The number of ether oxygens (including phenoxy) is 6. The number of hydrogen-bond donors (Lipinski definition) is 7. The molecule has 2 saturated heterocycles. The van der Waals surface area contributed by atoms with Crippen molar-refractivity contribution in [2.24, 2.45) is 0 Å². The van der Waals surface area contributed by atoms with Crippen LogP contribution in [-0.4, -0.2) is 142 Å². The van der Waals surface area contributed by atoms with E-state index in [1.807, 2.05) is 0 Å². The Kier molecular flexibility index (Phi) is 25.2. The Hall–Kier alpha value is -1.50. The number of esters is 2. The molecule has 2 rings (SSSR count). The number of aliphatic hydroxyl groups is 7. The number of carbonyl (C=O) groups excluding carboxylic acids is 2. The standard InChI is InChI=1S/C38H70O15/c1-3-5-7-9-11-12-13-14-15-17-18-20-29(40)48-23-26(51-30(41)21-19-16-10-8-6-4-2)24-49-37-36(47)34(45)32(43)28(53-37)25-50-38-35(46)33(44)31(42)27(22-39)52-38/h26-28,31-39,42-47H,3-25H2,1-2H3/t26-,27-,28-,31+,32+,33+,34+,35-,36-,37-,38+/m1/s1. The lowest BCUT2D eigenvalue weighted by molar-refractivity contribution is -0.332. The second kappa shape index (κ2) is 28.0. The van der Waals surface area contributed by atoms with Gasteiger partial charge in [-0.15, -0.1) is 0 Å². The molecule has 0 bridgehead atoms. The minimum absolute atomic E-state index is 0.167. The van der Waals surface area contributed by atoms with Crippen molar-refractivity contribution in [2.75, 3.05) is 26.4 Å². The molecule has 0 aromatic carbocycles. The molecule has 2 aliphatic rings. The van der Waals surface area contributed by atoms with Crippen LogP contribution in [0.15, 0.2) is 0 Å². The molecule has 2 aliphatic heterocycles. The van der Waals surface area contributed by atoms with Crippen molar-refractivity contribution < 1.29 is 73.8 Å². The van der Waals surface area contributed by atoms with E-state index in [2.05, 4.69) is 13.8 Å². The van der Waals surface area contributed by atoms with Gasteiger partial charge in [0.05, 0.1) is 19.8 Å². The Balaban J connectivity index is 1.88. The summed E-state index contributed by atoms with van der Waals surface area (Å²) in [6.45, 7) is 2.47. The summed E-state index contributed by atoms with van der Waals surface area (Å²) in [4.78, 5) is 25.3. The van der Waals surface area contributed by atoms with Crippen LogP contribution in [0.1, 0.15) is 136 Å². The molecule has 0 aromatic rings. The van der Waals surface area contributed by atoms with Gasteiger partial charge in [0.15, 0.2) is 18.7 Å². The minimum atomic E-state index is -1.76. The Morgan fingerprint density at radius 3 is 1.47 bits per heavy atom. The smallest absolute Gasteiger partial charge is 0.306 e. The molecule has 15 nitrogen and oxygen atoms in total. The molecule has 0 aliphatic carbocycles. The van der Waals surface area contributed by atoms with E-state index >= 15 is 0 Å². The Morgan fingerprint density at radius 1 is 0.528 bits per heavy atom. The molecule has 0 amide bonds. The van der Waals surface area contributed by atoms with E-state index in [1.165, 1.54) is 44.9 Å². The number of carbonyl (C=O) groups is 2. The van der Waals surface area contributed by atoms with E-state index < -0.39 is 92.7 Å². The second-order valence-electron chi connectivity index (χ2n) is 14.5. The average molecular weight is 767 g/mol. The molecule has 0 spiro atoms. The second-order valence-corrected chi connectivity index (χ2v) is 14.5. The van der Waals surface area contributed by atoms with E-state index in [4.69, 9.17) is 28.4 Å². The average Bonchev–Trinajstić information content (AvgIpc) is 3.15. The lowest BCUT2D eigenvalue weighted by Crippen LogP contribution is -2.61. The first-order valence-electron chi connectivity index (χ1n) is 20.1. The molecule has 312 valence electrons. The molecule has 0 saturated carbocycles. The van der Waals surface area contributed by atoms with Gasteiger partial charge in [-0.25, -0.2) is 0 Å². The molecule has 53 heavy (non-hydrogen) atoms. The van der Waals surface area contributed by atoms with Crippen LogP contribution < -0.4 is 0 Å². The van der Waals surface area contributed by atoms with Crippen molar-refractivity contribution in [2.45, 2.75) is 203 Å². The summed E-state index contributed by atoms with van der Waals surface area (Å²) in [5, 5.41) is 71.4. The molecule has 2 fully saturated rings. The third-order valence-corrected chi connectivity index (χ3v) is 9.84. The molecule has 2 heterocycles. The summed E-state index contributed by atoms with van der Waals surface area (Å²) in [5.74, 6) is -0.933. The molecule has 15 heteroatoms. The van der Waals surface area contributed by atoms with Gasteiger partial charge in [0, 0.05) is 12.8 Å². The molecular formula is C38H70O15. The molecule has 0 aromatic heterocycles. The normalized spacial score (nSPS) is 29.5. The number of rotatable bonds is 29. The Morgan fingerprint density at radius 2 is 0.962 bits per heavy atom. The van der Waals surface area contributed by atoms with Crippen LogP contribution in [0, 0.1) is 0 Å². The predicted molar refractivity (Wildman–Crippen MR) is 192 cm³/mol. The lowest BCUT2D eigenvalue weighted by atomic mass is 9.98. The van der Waals surface area contributed by atoms with Crippen molar-refractivity contribution in [1.29, 1.82) is 0 Å².